The molecule has 64 valence electrons. The lowest BCUT2D eigenvalue weighted by Gasteiger charge is -2.08. The van der Waals surface area contributed by atoms with Gasteiger partial charge < -0.3 is 10.2 Å². The highest BCUT2D eigenvalue weighted by Gasteiger charge is 2.07. The van der Waals surface area contributed by atoms with Gasteiger partial charge in [-0.05, 0) is 18.6 Å². The molecule has 1 rings (SSSR count). The molecule has 0 heterocycles. The van der Waals surface area contributed by atoms with Crippen LogP contribution in [0.25, 0.3) is 6.08 Å². The smallest absolute Gasteiger partial charge is 0.179 e. The number of hydrogen-bond acceptors (Lipinski definition) is 2. The zero-order chi connectivity index (χ0) is 9.03. The third-order valence-electron chi connectivity index (χ3n) is 1.39. The summed E-state index contributed by atoms with van der Waals surface area (Å²) >= 11 is 0. The topological polar surface area (TPSA) is 40.5 Å². The molecule has 0 saturated heterocycles. The van der Waals surface area contributed by atoms with E-state index in [1.807, 2.05) is 30.3 Å². The zero-order valence-corrected chi connectivity index (χ0v) is 6.94. The molecular weight excluding hydrogens is 152 g/mol. The van der Waals surface area contributed by atoms with Crippen LogP contribution in [0.5, 0.6) is 0 Å². The highest BCUT2D eigenvalue weighted by molar-refractivity contribution is 5.49. The molecule has 2 heteroatoms. The average Bonchev–Trinajstić information content (AvgIpc) is 2.02. The van der Waals surface area contributed by atoms with Crippen LogP contribution in [0.2, 0.25) is 0 Å². The SMILES string of the molecule is CC(O)(O)C=Cc1ccccc1. The Morgan fingerprint density at radius 1 is 1.17 bits per heavy atom. The van der Waals surface area contributed by atoms with Crippen molar-refractivity contribution in [1.82, 2.24) is 0 Å². The van der Waals surface area contributed by atoms with Crippen molar-refractivity contribution >= 4 is 6.08 Å². The molecule has 0 saturated carbocycles. The van der Waals surface area contributed by atoms with Gasteiger partial charge >= 0.3 is 0 Å². The molecule has 0 amide bonds. The number of rotatable bonds is 2. The summed E-state index contributed by atoms with van der Waals surface area (Å²) in [5.74, 6) is -1.73. The first-order chi connectivity index (χ1) is 5.58. The first-order valence-corrected chi connectivity index (χ1v) is 3.77. The van der Waals surface area contributed by atoms with Crippen LogP contribution >= 0.6 is 0 Å². The molecule has 0 spiro atoms. The van der Waals surface area contributed by atoms with Crippen molar-refractivity contribution in [3.63, 3.8) is 0 Å². The molecule has 1 aromatic rings. The van der Waals surface area contributed by atoms with Gasteiger partial charge in [0.2, 0.25) is 0 Å². The highest BCUT2D eigenvalue weighted by atomic mass is 16.5. The van der Waals surface area contributed by atoms with Crippen molar-refractivity contribution < 1.29 is 10.2 Å². The third kappa shape index (κ3) is 3.32. The van der Waals surface area contributed by atoms with Gasteiger partial charge in [-0.2, -0.15) is 0 Å². The predicted octanol–water partition coefficient (Wildman–Crippen LogP) is 1.40. The van der Waals surface area contributed by atoms with Crippen molar-refractivity contribution in [2.75, 3.05) is 0 Å². The Kier molecular flexibility index (Phi) is 2.63. The summed E-state index contributed by atoms with van der Waals surface area (Å²) in [6.45, 7) is 1.31. The maximum absolute atomic E-state index is 8.95. The Morgan fingerprint density at radius 3 is 2.25 bits per heavy atom. The largest absolute Gasteiger partial charge is 0.363 e. The van der Waals surface area contributed by atoms with Crippen LogP contribution in [-0.2, 0) is 0 Å². The van der Waals surface area contributed by atoms with Crippen LogP contribution < -0.4 is 0 Å². The van der Waals surface area contributed by atoms with E-state index < -0.39 is 5.79 Å². The van der Waals surface area contributed by atoms with Crippen LogP contribution in [0.1, 0.15) is 12.5 Å². The van der Waals surface area contributed by atoms with Gasteiger partial charge in [0.15, 0.2) is 5.79 Å². The molecule has 0 atom stereocenters. The van der Waals surface area contributed by atoms with E-state index in [9.17, 15) is 0 Å². The second-order valence-electron chi connectivity index (χ2n) is 2.84. The monoisotopic (exact) mass is 164 g/mol. The van der Waals surface area contributed by atoms with Crippen molar-refractivity contribution in [2.24, 2.45) is 0 Å². The van der Waals surface area contributed by atoms with E-state index in [0.29, 0.717) is 0 Å². The number of hydrogen-bond donors (Lipinski definition) is 2. The Labute approximate surface area is 71.8 Å². The van der Waals surface area contributed by atoms with E-state index >= 15 is 0 Å². The summed E-state index contributed by atoms with van der Waals surface area (Å²) in [5, 5.41) is 17.9. The van der Waals surface area contributed by atoms with Gasteiger partial charge in [0, 0.05) is 0 Å². The molecular formula is C10H12O2. The van der Waals surface area contributed by atoms with Gasteiger partial charge in [-0.25, -0.2) is 0 Å². The Morgan fingerprint density at radius 2 is 1.75 bits per heavy atom. The summed E-state index contributed by atoms with van der Waals surface area (Å²) < 4.78 is 0. The number of benzene rings is 1. The molecule has 0 fully saturated rings. The van der Waals surface area contributed by atoms with Crippen molar-refractivity contribution in [1.29, 1.82) is 0 Å². The van der Waals surface area contributed by atoms with E-state index in [4.69, 9.17) is 10.2 Å². The van der Waals surface area contributed by atoms with Crippen molar-refractivity contribution in [2.45, 2.75) is 12.7 Å². The molecule has 1 aromatic carbocycles. The lowest BCUT2D eigenvalue weighted by molar-refractivity contribution is -0.0998. The second kappa shape index (κ2) is 3.52. The van der Waals surface area contributed by atoms with Crippen LogP contribution in [0, 0.1) is 0 Å². The van der Waals surface area contributed by atoms with Gasteiger partial charge in [0.25, 0.3) is 0 Å². The van der Waals surface area contributed by atoms with Crippen molar-refractivity contribution in [3.8, 4) is 0 Å². The quantitative estimate of drug-likeness (QED) is 0.649. The van der Waals surface area contributed by atoms with Crippen LogP contribution in [0.15, 0.2) is 36.4 Å². The molecule has 2 nitrogen and oxygen atoms in total. The van der Waals surface area contributed by atoms with Crippen molar-refractivity contribution in [3.05, 3.63) is 42.0 Å². The minimum absolute atomic E-state index is 0.951. The van der Waals surface area contributed by atoms with E-state index in [1.165, 1.54) is 13.0 Å². The van der Waals surface area contributed by atoms with E-state index in [-0.39, 0.29) is 0 Å². The molecule has 12 heavy (non-hydrogen) atoms. The van der Waals surface area contributed by atoms with Gasteiger partial charge in [-0.15, -0.1) is 0 Å². The Hall–Kier alpha value is -1.12. The fourth-order valence-electron chi connectivity index (χ4n) is 0.818. The second-order valence-corrected chi connectivity index (χ2v) is 2.84. The molecule has 0 aliphatic carbocycles. The minimum Gasteiger partial charge on any atom is -0.363 e. The van der Waals surface area contributed by atoms with E-state index in [0.717, 1.165) is 5.56 Å². The summed E-state index contributed by atoms with van der Waals surface area (Å²) in [7, 11) is 0. The standard InChI is InChI=1S/C10H12O2/c1-10(11,12)8-7-9-5-3-2-4-6-9/h2-8,11-12H,1H3. The molecule has 2 N–H and O–H groups in total. The highest BCUT2D eigenvalue weighted by Crippen LogP contribution is 2.05. The Balaban J connectivity index is 2.71. The Bertz CT molecular complexity index is 257. The maximum atomic E-state index is 8.95. The van der Waals surface area contributed by atoms with E-state index in [1.54, 1.807) is 6.08 Å². The number of aliphatic hydroxyl groups is 2. The van der Waals surface area contributed by atoms with E-state index in [2.05, 4.69) is 0 Å². The fraction of sp³-hybridized carbons (Fsp3) is 0.200. The average molecular weight is 164 g/mol. The summed E-state index contributed by atoms with van der Waals surface area (Å²) in [6.07, 6.45) is 3.00. The summed E-state index contributed by atoms with van der Waals surface area (Å²) in [4.78, 5) is 0. The first kappa shape index (κ1) is 8.97. The van der Waals surface area contributed by atoms with Gasteiger partial charge in [-0.3, -0.25) is 0 Å². The third-order valence-corrected chi connectivity index (χ3v) is 1.39. The summed E-state index contributed by atoms with van der Waals surface area (Å²) in [5.41, 5.74) is 0.951. The fourth-order valence-corrected chi connectivity index (χ4v) is 0.818. The minimum atomic E-state index is -1.73. The van der Waals surface area contributed by atoms with Gasteiger partial charge in [0.05, 0.1) is 0 Å². The van der Waals surface area contributed by atoms with Crippen LogP contribution in [0.4, 0.5) is 0 Å². The lowest BCUT2D eigenvalue weighted by atomic mass is 10.2. The normalized spacial score (nSPS) is 12.2. The van der Waals surface area contributed by atoms with Gasteiger partial charge in [0.1, 0.15) is 0 Å². The lowest BCUT2D eigenvalue weighted by Crippen LogP contribution is -2.18. The molecule has 0 radical (unpaired) electrons. The first-order valence-electron chi connectivity index (χ1n) is 3.77. The zero-order valence-electron chi connectivity index (χ0n) is 6.94. The van der Waals surface area contributed by atoms with Gasteiger partial charge in [-0.1, -0.05) is 36.4 Å². The molecule has 0 aliphatic rings. The van der Waals surface area contributed by atoms with Crippen LogP contribution in [0.3, 0.4) is 0 Å². The maximum Gasteiger partial charge on any atom is 0.179 e. The molecule has 0 unspecified atom stereocenters. The predicted molar refractivity (Wildman–Crippen MR) is 48.3 cm³/mol. The molecule has 0 aliphatic heterocycles. The summed E-state index contributed by atoms with van der Waals surface area (Å²) in [6, 6.07) is 9.48. The van der Waals surface area contributed by atoms with Crippen LogP contribution in [-0.4, -0.2) is 16.0 Å². The molecule has 0 aromatic heterocycles. The molecule has 0 bridgehead atoms.